The number of aromatic nitrogens is 2. The number of rotatable bonds is 4. The molecule has 0 bridgehead atoms. The Bertz CT molecular complexity index is 818. The number of amides is 2. The van der Waals surface area contributed by atoms with Crippen molar-refractivity contribution < 1.29 is 14.3 Å². The summed E-state index contributed by atoms with van der Waals surface area (Å²) in [5, 5.41) is 5.89. The van der Waals surface area contributed by atoms with Crippen LogP contribution in [0.3, 0.4) is 0 Å². The first kappa shape index (κ1) is 17.8. The van der Waals surface area contributed by atoms with E-state index in [2.05, 4.69) is 20.6 Å². The van der Waals surface area contributed by atoms with Gasteiger partial charge < -0.3 is 20.3 Å². The molecule has 136 valence electrons. The minimum Gasteiger partial charge on any atom is -0.378 e. The standard InChI is InChI=1S/C18H21N5O3/c1-12-19-16(18(25)23-6-8-26-9-7-23)11-17(20-12)22-15-5-3-4-14(10-15)21-13(2)24/h3-5,10-11H,6-9H2,1-2H3,(H,21,24)(H,19,20,22). The molecule has 1 aliphatic heterocycles. The Morgan fingerprint density at radius 3 is 2.58 bits per heavy atom. The number of anilines is 3. The van der Waals surface area contributed by atoms with Crippen molar-refractivity contribution in [1.82, 2.24) is 14.9 Å². The van der Waals surface area contributed by atoms with Gasteiger partial charge in [-0.3, -0.25) is 9.59 Å². The van der Waals surface area contributed by atoms with E-state index in [9.17, 15) is 9.59 Å². The van der Waals surface area contributed by atoms with Gasteiger partial charge in [-0.2, -0.15) is 0 Å². The van der Waals surface area contributed by atoms with E-state index in [1.54, 1.807) is 30.0 Å². The van der Waals surface area contributed by atoms with Crippen LogP contribution in [0.5, 0.6) is 0 Å². The molecule has 0 saturated carbocycles. The van der Waals surface area contributed by atoms with Gasteiger partial charge in [-0.1, -0.05) is 6.07 Å². The summed E-state index contributed by atoms with van der Waals surface area (Å²) in [5.41, 5.74) is 1.77. The Morgan fingerprint density at radius 1 is 1.12 bits per heavy atom. The predicted octanol–water partition coefficient (Wildman–Crippen LogP) is 1.96. The molecular formula is C18H21N5O3. The third kappa shape index (κ3) is 4.54. The molecule has 0 aliphatic carbocycles. The van der Waals surface area contributed by atoms with E-state index in [-0.39, 0.29) is 11.8 Å². The number of aryl methyl sites for hydroxylation is 1. The van der Waals surface area contributed by atoms with Crippen molar-refractivity contribution in [3.8, 4) is 0 Å². The molecule has 0 unspecified atom stereocenters. The molecule has 1 aromatic carbocycles. The Morgan fingerprint density at radius 2 is 1.85 bits per heavy atom. The van der Waals surface area contributed by atoms with E-state index >= 15 is 0 Å². The fourth-order valence-corrected chi connectivity index (χ4v) is 2.70. The van der Waals surface area contributed by atoms with E-state index in [0.717, 1.165) is 5.69 Å². The number of hydrogen-bond donors (Lipinski definition) is 2. The number of nitrogens with zero attached hydrogens (tertiary/aromatic N) is 3. The Kier molecular flexibility index (Phi) is 5.43. The zero-order chi connectivity index (χ0) is 18.5. The lowest BCUT2D eigenvalue weighted by Crippen LogP contribution is -2.41. The fraction of sp³-hybridized carbons (Fsp3) is 0.333. The molecule has 2 N–H and O–H groups in total. The molecule has 8 heteroatoms. The summed E-state index contributed by atoms with van der Waals surface area (Å²) in [4.78, 5) is 34.2. The summed E-state index contributed by atoms with van der Waals surface area (Å²) in [6.07, 6.45) is 0. The molecule has 0 spiro atoms. The van der Waals surface area contributed by atoms with Gasteiger partial charge in [-0.05, 0) is 25.1 Å². The lowest BCUT2D eigenvalue weighted by Gasteiger charge is -2.26. The van der Waals surface area contributed by atoms with Crippen molar-refractivity contribution in [3.05, 3.63) is 41.9 Å². The average Bonchev–Trinajstić information content (AvgIpc) is 2.61. The quantitative estimate of drug-likeness (QED) is 0.870. The Labute approximate surface area is 151 Å². The van der Waals surface area contributed by atoms with Crippen LogP contribution in [0.4, 0.5) is 17.2 Å². The molecule has 26 heavy (non-hydrogen) atoms. The van der Waals surface area contributed by atoms with Crippen LogP contribution in [0, 0.1) is 6.92 Å². The minimum atomic E-state index is -0.140. The van der Waals surface area contributed by atoms with E-state index in [0.29, 0.717) is 49.3 Å². The summed E-state index contributed by atoms with van der Waals surface area (Å²) < 4.78 is 5.28. The van der Waals surface area contributed by atoms with Crippen LogP contribution < -0.4 is 10.6 Å². The molecule has 0 atom stereocenters. The normalized spacial score (nSPS) is 14.0. The van der Waals surface area contributed by atoms with Crippen LogP contribution >= 0.6 is 0 Å². The molecule has 1 fully saturated rings. The van der Waals surface area contributed by atoms with Gasteiger partial charge in [0, 0.05) is 37.5 Å². The number of ether oxygens (including phenoxy) is 1. The van der Waals surface area contributed by atoms with E-state index < -0.39 is 0 Å². The largest absolute Gasteiger partial charge is 0.378 e. The van der Waals surface area contributed by atoms with E-state index in [1.165, 1.54) is 6.92 Å². The van der Waals surface area contributed by atoms with Crippen LogP contribution in [0.25, 0.3) is 0 Å². The second-order valence-corrected chi connectivity index (χ2v) is 5.98. The van der Waals surface area contributed by atoms with Crippen LogP contribution in [0.1, 0.15) is 23.2 Å². The molecule has 2 amide bonds. The zero-order valence-corrected chi connectivity index (χ0v) is 14.8. The van der Waals surface area contributed by atoms with E-state index in [1.807, 2.05) is 12.1 Å². The highest BCUT2D eigenvalue weighted by atomic mass is 16.5. The molecule has 0 radical (unpaired) electrons. The van der Waals surface area contributed by atoms with Gasteiger partial charge >= 0.3 is 0 Å². The van der Waals surface area contributed by atoms with Crippen molar-refractivity contribution in [3.63, 3.8) is 0 Å². The van der Waals surface area contributed by atoms with Gasteiger partial charge in [0.2, 0.25) is 5.91 Å². The Balaban J connectivity index is 1.79. The van der Waals surface area contributed by atoms with Gasteiger partial charge in [-0.15, -0.1) is 0 Å². The van der Waals surface area contributed by atoms with Gasteiger partial charge in [-0.25, -0.2) is 9.97 Å². The lowest BCUT2D eigenvalue weighted by molar-refractivity contribution is -0.114. The fourth-order valence-electron chi connectivity index (χ4n) is 2.70. The second-order valence-electron chi connectivity index (χ2n) is 5.98. The second kappa shape index (κ2) is 7.92. The molecule has 3 rings (SSSR count). The maximum Gasteiger partial charge on any atom is 0.272 e. The maximum atomic E-state index is 12.6. The number of nitrogens with one attached hydrogen (secondary N) is 2. The van der Waals surface area contributed by atoms with Gasteiger partial charge in [0.1, 0.15) is 17.3 Å². The number of carbonyl (C=O) groups is 2. The topological polar surface area (TPSA) is 96.5 Å². The van der Waals surface area contributed by atoms with Crippen molar-refractivity contribution in [2.45, 2.75) is 13.8 Å². The van der Waals surface area contributed by atoms with Gasteiger partial charge in [0.25, 0.3) is 5.91 Å². The predicted molar refractivity (Wildman–Crippen MR) is 97.5 cm³/mol. The average molecular weight is 355 g/mol. The molecule has 1 saturated heterocycles. The molecular weight excluding hydrogens is 334 g/mol. The molecule has 2 heterocycles. The third-order valence-corrected chi connectivity index (χ3v) is 3.81. The van der Waals surface area contributed by atoms with Crippen LogP contribution in [-0.4, -0.2) is 53.0 Å². The van der Waals surface area contributed by atoms with Crippen molar-refractivity contribution >= 4 is 29.0 Å². The summed E-state index contributed by atoms with van der Waals surface area (Å²) in [6, 6.07) is 8.90. The highest BCUT2D eigenvalue weighted by Crippen LogP contribution is 2.20. The summed E-state index contributed by atoms with van der Waals surface area (Å²) in [6.45, 7) is 5.40. The van der Waals surface area contributed by atoms with Crippen LogP contribution in [-0.2, 0) is 9.53 Å². The SMILES string of the molecule is CC(=O)Nc1cccc(Nc2cc(C(=O)N3CCOCC3)nc(C)n2)c1. The lowest BCUT2D eigenvalue weighted by atomic mass is 10.2. The number of morpholine rings is 1. The van der Waals surface area contributed by atoms with Crippen LogP contribution in [0.15, 0.2) is 30.3 Å². The molecule has 2 aromatic rings. The summed E-state index contributed by atoms with van der Waals surface area (Å²) >= 11 is 0. The van der Waals surface area contributed by atoms with Crippen molar-refractivity contribution in [1.29, 1.82) is 0 Å². The first-order valence-corrected chi connectivity index (χ1v) is 8.38. The number of hydrogen-bond acceptors (Lipinski definition) is 6. The molecule has 1 aromatic heterocycles. The van der Waals surface area contributed by atoms with Crippen molar-refractivity contribution in [2.24, 2.45) is 0 Å². The first-order valence-electron chi connectivity index (χ1n) is 8.38. The monoisotopic (exact) mass is 355 g/mol. The minimum absolute atomic E-state index is 0.131. The molecule has 8 nitrogen and oxygen atoms in total. The van der Waals surface area contributed by atoms with E-state index in [4.69, 9.17) is 4.74 Å². The smallest absolute Gasteiger partial charge is 0.272 e. The Hall–Kier alpha value is -3.00. The maximum absolute atomic E-state index is 12.6. The highest BCUT2D eigenvalue weighted by Gasteiger charge is 2.20. The zero-order valence-electron chi connectivity index (χ0n) is 14.8. The first-order chi connectivity index (χ1) is 12.5. The van der Waals surface area contributed by atoms with Crippen molar-refractivity contribution in [2.75, 3.05) is 36.9 Å². The number of carbonyl (C=O) groups excluding carboxylic acids is 2. The summed E-state index contributed by atoms with van der Waals surface area (Å²) in [7, 11) is 0. The van der Waals surface area contributed by atoms with Gasteiger partial charge in [0.15, 0.2) is 0 Å². The number of benzene rings is 1. The van der Waals surface area contributed by atoms with Gasteiger partial charge in [0.05, 0.1) is 13.2 Å². The summed E-state index contributed by atoms with van der Waals surface area (Å²) in [5.74, 6) is 0.756. The third-order valence-electron chi connectivity index (χ3n) is 3.81. The van der Waals surface area contributed by atoms with Crippen LogP contribution in [0.2, 0.25) is 0 Å². The highest BCUT2D eigenvalue weighted by molar-refractivity contribution is 5.93. The molecule has 1 aliphatic rings.